The summed E-state index contributed by atoms with van der Waals surface area (Å²) in [7, 11) is 0. The summed E-state index contributed by atoms with van der Waals surface area (Å²) in [6, 6.07) is 5.36. The van der Waals surface area contributed by atoms with Crippen LogP contribution in [0.1, 0.15) is 30.1 Å². The molecule has 1 N–H and O–H groups in total. The van der Waals surface area contributed by atoms with Crippen molar-refractivity contribution in [3.8, 4) is 0 Å². The van der Waals surface area contributed by atoms with Crippen LogP contribution in [0.2, 0.25) is 0 Å². The summed E-state index contributed by atoms with van der Waals surface area (Å²) in [5.41, 5.74) is 1.44. The van der Waals surface area contributed by atoms with E-state index in [1.54, 1.807) is 0 Å². The first-order valence-electron chi connectivity index (χ1n) is 6.40. The van der Waals surface area contributed by atoms with Gasteiger partial charge in [0.25, 0.3) is 0 Å². The van der Waals surface area contributed by atoms with Crippen molar-refractivity contribution in [3.05, 3.63) is 59.4 Å². The van der Waals surface area contributed by atoms with Crippen molar-refractivity contribution in [3.63, 3.8) is 0 Å². The van der Waals surface area contributed by atoms with Crippen molar-refractivity contribution in [2.75, 3.05) is 0 Å². The van der Waals surface area contributed by atoms with Gasteiger partial charge in [-0.3, -0.25) is 0 Å². The number of aliphatic hydroxyl groups is 1. The third-order valence-corrected chi connectivity index (χ3v) is 3.47. The summed E-state index contributed by atoms with van der Waals surface area (Å²) in [4.78, 5) is 0. The average molecular weight is 263 g/mol. The molecular weight excluding hydrogens is 248 g/mol. The van der Waals surface area contributed by atoms with Crippen molar-refractivity contribution < 1.29 is 13.9 Å². The van der Waals surface area contributed by atoms with Crippen LogP contribution in [0.25, 0.3) is 0 Å². The zero-order valence-electron chi connectivity index (χ0n) is 10.4. The third kappa shape index (κ3) is 2.84. The molecule has 0 bridgehead atoms. The van der Waals surface area contributed by atoms with Crippen LogP contribution in [0.3, 0.4) is 0 Å². The summed E-state index contributed by atoms with van der Waals surface area (Å²) in [5, 5.41) is 9.99. The Kier molecular flexibility index (Phi) is 3.11. The fourth-order valence-electron chi connectivity index (χ4n) is 2.33. The van der Waals surface area contributed by atoms with E-state index in [1.807, 2.05) is 23.0 Å². The lowest BCUT2D eigenvalue weighted by Crippen LogP contribution is -2.00. The Morgan fingerprint density at radius 2 is 1.89 bits per heavy atom. The van der Waals surface area contributed by atoms with E-state index in [0.717, 1.165) is 24.5 Å². The molecule has 0 amide bonds. The van der Waals surface area contributed by atoms with Crippen molar-refractivity contribution in [2.24, 2.45) is 5.92 Å². The van der Waals surface area contributed by atoms with Gasteiger partial charge in [-0.1, -0.05) is 0 Å². The number of hydrogen-bond donors (Lipinski definition) is 1. The Morgan fingerprint density at radius 1 is 1.21 bits per heavy atom. The highest BCUT2D eigenvalue weighted by Gasteiger charge is 2.31. The Labute approximate surface area is 110 Å². The molecule has 0 spiro atoms. The molecule has 3 rings (SSSR count). The largest absolute Gasteiger partial charge is 0.388 e. The minimum absolute atomic E-state index is 0.377. The van der Waals surface area contributed by atoms with Gasteiger partial charge in [-0.05, 0) is 48.1 Å². The zero-order valence-corrected chi connectivity index (χ0v) is 10.4. The molecule has 19 heavy (non-hydrogen) atoms. The number of halogens is 2. The first-order chi connectivity index (χ1) is 9.11. The second-order valence-electron chi connectivity index (χ2n) is 5.18. The maximum Gasteiger partial charge on any atom is 0.126 e. The average Bonchev–Trinajstić information content (AvgIpc) is 3.08. The van der Waals surface area contributed by atoms with Crippen LogP contribution in [0.5, 0.6) is 0 Å². The monoisotopic (exact) mass is 263 g/mol. The molecule has 0 saturated heterocycles. The van der Waals surface area contributed by atoms with Gasteiger partial charge in [0.05, 0.1) is 6.10 Å². The number of aliphatic hydroxyl groups excluding tert-OH is 1. The van der Waals surface area contributed by atoms with E-state index in [-0.39, 0.29) is 0 Å². The summed E-state index contributed by atoms with van der Waals surface area (Å²) < 4.78 is 28.0. The molecule has 100 valence electrons. The molecule has 2 aromatic rings. The third-order valence-electron chi connectivity index (χ3n) is 3.47. The lowest BCUT2D eigenvalue weighted by Gasteiger charge is -2.07. The fraction of sp³-hybridized carbons (Fsp3) is 0.333. The Morgan fingerprint density at radius 3 is 2.53 bits per heavy atom. The SMILES string of the molecule is OC(c1ccn(Cc2cc(F)cc(F)c2)c1)C1CC1. The van der Waals surface area contributed by atoms with Crippen molar-refractivity contribution in [1.29, 1.82) is 0 Å². The molecule has 1 heterocycles. The minimum atomic E-state index is -0.569. The molecular formula is C15H15F2NO. The molecule has 1 atom stereocenters. The van der Waals surface area contributed by atoms with Crippen molar-refractivity contribution in [1.82, 2.24) is 4.57 Å². The smallest absolute Gasteiger partial charge is 0.126 e. The summed E-state index contributed by atoms with van der Waals surface area (Å²) >= 11 is 0. The molecule has 2 nitrogen and oxygen atoms in total. The molecule has 1 fully saturated rings. The molecule has 1 unspecified atom stereocenters. The summed E-state index contributed by atoms with van der Waals surface area (Å²) in [6.45, 7) is 0.395. The van der Waals surface area contributed by atoms with Gasteiger partial charge >= 0.3 is 0 Å². The van der Waals surface area contributed by atoms with E-state index in [1.165, 1.54) is 12.1 Å². The second kappa shape index (κ2) is 4.78. The van der Waals surface area contributed by atoms with Gasteiger partial charge in [-0.25, -0.2) is 8.78 Å². The van der Waals surface area contributed by atoms with Crippen LogP contribution in [-0.2, 0) is 6.54 Å². The standard InChI is InChI=1S/C15H15F2NO/c16-13-5-10(6-14(17)7-13)8-18-4-3-12(9-18)15(19)11-1-2-11/h3-7,9,11,15,19H,1-2,8H2. The van der Waals surface area contributed by atoms with E-state index in [4.69, 9.17) is 0 Å². The van der Waals surface area contributed by atoms with Crippen LogP contribution < -0.4 is 0 Å². The molecule has 4 heteroatoms. The van der Waals surface area contributed by atoms with E-state index in [2.05, 4.69) is 0 Å². The van der Waals surface area contributed by atoms with Gasteiger partial charge in [-0.15, -0.1) is 0 Å². The molecule has 1 saturated carbocycles. The first kappa shape index (κ1) is 12.4. The van der Waals surface area contributed by atoms with Crippen molar-refractivity contribution >= 4 is 0 Å². The quantitative estimate of drug-likeness (QED) is 0.900. The second-order valence-corrected chi connectivity index (χ2v) is 5.18. The lowest BCUT2D eigenvalue weighted by molar-refractivity contribution is 0.154. The predicted octanol–water partition coefficient (Wildman–Crippen LogP) is 3.26. The molecule has 0 aliphatic heterocycles. The number of rotatable bonds is 4. The van der Waals surface area contributed by atoms with Gasteiger partial charge in [0.2, 0.25) is 0 Å². The van der Waals surface area contributed by atoms with Gasteiger partial charge in [0, 0.05) is 25.0 Å². The van der Waals surface area contributed by atoms with Crippen LogP contribution in [-0.4, -0.2) is 9.67 Å². The highest BCUT2D eigenvalue weighted by molar-refractivity contribution is 5.21. The lowest BCUT2D eigenvalue weighted by atomic mass is 10.1. The molecule has 1 aliphatic carbocycles. The summed E-state index contributed by atoms with van der Waals surface area (Å²) in [6.07, 6.45) is 5.39. The number of aromatic nitrogens is 1. The number of benzene rings is 1. The number of nitrogens with zero attached hydrogens (tertiary/aromatic N) is 1. The highest BCUT2D eigenvalue weighted by atomic mass is 19.1. The molecule has 1 aliphatic rings. The summed E-state index contributed by atoms with van der Waals surface area (Å²) in [5.74, 6) is -0.761. The van der Waals surface area contributed by atoms with Crippen LogP contribution in [0.15, 0.2) is 36.7 Å². The van der Waals surface area contributed by atoms with E-state index >= 15 is 0 Å². The van der Waals surface area contributed by atoms with Crippen LogP contribution in [0, 0.1) is 17.6 Å². The van der Waals surface area contributed by atoms with Gasteiger partial charge in [-0.2, -0.15) is 0 Å². The Balaban J connectivity index is 1.75. The zero-order chi connectivity index (χ0) is 13.4. The van der Waals surface area contributed by atoms with Crippen LogP contribution >= 0.6 is 0 Å². The van der Waals surface area contributed by atoms with E-state index in [0.29, 0.717) is 18.0 Å². The Hall–Kier alpha value is -1.68. The highest BCUT2D eigenvalue weighted by Crippen LogP contribution is 2.40. The van der Waals surface area contributed by atoms with Crippen molar-refractivity contribution in [2.45, 2.75) is 25.5 Å². The van der Waals surface area contributed by atoms with Gasteiger partial charge in [0.15, 0.2) is 0 Å². The Bertz CT molecular complexity index is 569. The fourth-order valence-corrected chi connectivity index (χ4v) is 2.33. The van der Waals surface area contributed by atoms with Gasteiger partial charge in [0.1, 0.15) is 11.6 Å². The number of hydrogen-bond acceptors (Lipinski definition) is 1. The first-order valence-corrected chi connectivity index (χ1v) is 6.40. The van der Waals surface area contributed by atoms with E-state index in [9.17, 15) is 13.9 Å². The predicted molar refractivity (Wildman–Crippen MR) is 67.6 cm³/mol. The minimum Gasteiger partial charge on any atom is -0.388 e. The molecule has 0 radical (unpaired) electrons. The maximum atomic E-state index is 13.1. The van der Waals surface area contributed by atoms with Crippen LogP contribution in [0.4, 0.5) is 8.78 Å². The topological polar surface area (TPSA) is 25.2 Å². The molecule has 1 aromatic carbocycles. The maximum absolute atomic E-state index is 13.1. The van der Waals surface area contributed by atoms with E-state index < -0.39 is 17.7 Å². The van der Waals surface area contributed by atoms with Gasteiger partial charge < -0.3 is 9.67 Å². The molecule has 1 aromatic heterocycles. The normalized spacial score (nSPS) is 16.6.